The molecular weight excluding hydrogens is 186 g/mol. The van der Waals surface area contributed by atoms with Crippen molar-refractivity contribution in [2.45, 2.75) is 13.0 Å². The van der Waals surface area contributed by atoms with E-state index in [1.54, 1.807) is 6.20 Å². The molecule has 0 spiro atoms. The first-order chi connectivity index (χ1) is 6.34. The minimum absolute atomic E-state index is 0.572. The number of nitrogens with one attached hydrogen (secondary N) is 1. The number of hydrogen-bond donors (Lipinski definition) is 2. The van der Waals surface area contributed by atoms with Crippen LogP contribution in [0.4, 0.5) is 0 Å². The van der Waals surface area contributed by atoms with E-state index in [2.05, 4.69) is 10.3 Å². The molecular formula is C9H14ClN3. The second kappa shape index (κ2) is 5.91. The average molecular weight is 200 g/mol. The maximum absolute atomic E-state index is 5.86. The minimum atomic E-state index is 0.572. The molecule has 0 saturated carbocycles. The molecule has 0 radical (unpaired) electrons. The molecule has 1 rings (SSSR count). The van der Waals surface area contributed by atoms with Gasteiger partial charge in [0.2, 0.25) is 0 Å². The van der Waals surface area contributed by atoms with Gasteiger partial charge in [-0.2, -0.15) is 0 Å². The predicted octanol–water partition coefficient (Wildman–Crippen LogP) is 1.17. The molecule has 0 amide bonds. The lowest BCUT2D eigenvalue weighted by Gasteiger charge is -2.04. The van der Waals surface area contributed by atoms with Crippen LogP contribution in [0.25, 0.3) is 0 Å². The van der Waals surface area contributed by atoms with Crippen LogP contribution in [0, 0.1) is 0 Å². The molecule has 3 N–H and O–H groups in total. The summed E-state index contributed by atoms with van der Waals surface area (Å²) in [5, 5.41) is 3.81. The Bertz CT molecular complexity index is 252. The topological polar surface area (TPSA) is 50.9 Å². The molecule has 0 aromatic carbocycles. The predicted molar refractivity (Wildman–Crippen MR) is 54.6 cm³/mol. The first-order valence-corrected chi connectivity index (χ1v) is 4.72. The first kappa shape index (κ1) is 10.4. The number of nitrogens with two attached hydrogens (primary N) is 1. The zero-order valence-corrected chi connectivity index (χ0v) is 8.22. The first-order valence-electron chi connectivity index (χ1n) is 4.35. The van der Waals surface area contributed by atoms with Crippen LogP contribution in [0.5, 0.6) is 0 Å². The van der Waals surface area contributed by atoms with Gasteiger partial charge in [-0.1, -0.05) is 17.7 Å². The average Bonchev–Trinajstić information content (AvgIpc) is 2.15. The fourth-order valence-electron chi connectivity index (χ4n) is 1.00. The molecule has 3 nitrogen and oxygen atoms in total. The van der Waals surface area contributed by atoms with Crippen molar-refractivity contribution in [2.24, 2.45) is 5.73 Å². The van der Waals surface area contributed by atoms with Crippen molar-refractivity contribution in [3.8, 4) is 0 Å². The number of nitrogens with zero attached hydrogens (tertiary/aromatic N) is 1. The lowest BCUT2D eigenvalue weighted by atomic mass is 10.3. The smallest absolute Gasteiger partial charge is 0.133 e. The molecule has 0 aliphatic carbocycles. The molecule has 1 heterocycles. The molecule has 1 aromatic heterocycles. The Kier molecular flexibility index (Phi) is 4.75. The maximum atomic E-state index is 5.86. The Labute approximate surface area is 83.3 Å². The summed E-state index contributed by atoms with van der Waals surface area (Å²) in [5.74, 6) is 0. The maximum Gasteiger partial charge on any atom is 0.133 e. The van der Waals surface area contributed by atoms with Crippen molar-refractivity contribution in [1.29, 1.82) is 0 Å². The van der Waals surface area contributed by atoms with Gasteiger partial charge in [0.25, 0.3) is 0 Å². The molecule has 0 fully saturated rings. The monoisotopic (exact) mass is 199 g/mol. The summed E-state index contributed by atoms with van der Waals surface area (Å²) in [7, 11) is 0. The Morgan fingerprint density at radius 1 is 1.54 bits per heavy atom. The van der Waals surface area contributed by atoms with E-state index >= 15 is 0 Å². The highest BCUT2D eigenvalue weighted by Crippen LogP contribution is 2.10. The third-order valence-corrected chi connectivity index (χ3v) is 2.05. The molecule has 0 unspecified atom stereocenters. The van der Waals surface area contributed by atoms with Gasteiger partial charge in [0, 0.05) is 18.3 Å². The summed E-state index contributed by atoms with van der Waals surface area (Å²) in [6.07, 6.45) is 2.67. The lowest BCUT2D eigenvalue weighted by molar-refractivity contribution is 0.654. The van der Waals surface area contributed by atoms with Gasteiger partial charge in [-0.15, -0.1) is 0 Å². The molecule has 0 saturated heterocycles. The second-order valence-corrected chi connectivity index (χ2v) is 3.13. The van der Waals surface area contributed by atoms with E-state index in [0.717, 1.165) is 25.1 Å². The summed E-state index contributed by atoms with van der Waals surface area (Å²) in [6.45, 7) is 2.39. The molecule has 0 aliphatic rings. The van der Waals surface area contributed by atoms with Crippen LogP contribution >= 0.6 is 11.6 Å². The van der Waals surface area contributed by atoms with E-state index in [0.29, 0.717) is 11.7 Å². The normalized spacial score (nSPS) is 10.3. The van der Waals surface area contributed by atoms with Crippen molar-refractivity contribution in [2.75, 3.05) is 13.1 Å². The Morgan fingerprint density at radius 2 is 2.38 bits per heavy atom. The highest BCUT2D eigenvalue weighted by Gasteiger charge is 1.97. The summed E-state index contributed by atoms with van der Waals surface area (Å²) in [5.41, 5.74) is 6.39. The van der Waals surface area contributed by atoms with E-state index < -0.39 is 0 Å². The van der Waals surface area contributed by atoms with Crippen LogP contribution in [0.15, 0.2) is 18.3 Å². The van der Waals surface area contributed by atoms with Crippen molar-refractivity contribution in [1.82, 2.24) is 10.3 Å². The number of pyridine rings is 1. The van der Waals surface area contributed by atoms with Crippen molar-refractivity contribution in [3.63, 3.8) is 0 Å². The summed E-state index contributed by atoms with van der Waals surface area (Å²) in [6, 6.07) is 3.84. The zero-order chi connectivity index (χ0) is 9.52. The van der Waals surface area contributed by atoms with Crippen molar-refractivity contribution < 1.29 is 0 Å². The van der Waals surface area contributed by atoms with Gasteiger partial charge >= 0.3 is 0 Å². The van der Waals surface area contributed by atoms with Crippen molar-refractivity contribution >= 4 is 11.6 Å². The number of halogens is 1. The largest absolute Gasteiger partial charge is 0.330 e. The van der Waals surface area contributed by atoms with Gasteiger partial charge in [-0.3, -0.25) is 0 Å². The van der Waals surface area contributed by atoms with Gasteiger partial charge < -0.3 is 11.1 Å². The Morgan fingerprint density at radius 3 is 3.08 bits per heavy atom. The molecule has 0 bridgehead atoms. The molecule has 0 atom stereocenters. The SMILES string of the molecule is NCCCNCc1cccnc1Cl. The summed E-state index contributed by atoms with van der Waals surface area (Å²) in [4.78, 5) is 3.98. The number of rotatable bonds is 5. The van der Waals surface area contributed by atoms with Crippen molar-refractivity contribution in [3.05, 3.63) is 29.0 Å². The fourth-order valence-corrected chi connectivity index (χ4v) is 1.19. The van der Waals surface area contributed by atoms with E-state index in [4.69, 9.17) is 17.3 Å². The Balaban J connectivity index is 2.32. The molecule has 13 heavy (non-hydrogen) atoms. The van der Waals surface area contributed by atoms with E-state index in [-0.39, 0.29) is 0 Å². The highest BCUT2D eigenvalue weighted by molar-refractivity contribution is 6.30. The summed E-state index contributed by atoms with van der Waals surface area (Å²) >= 11 is 5.86. The molecule has 0 aliphatic heterocycles. The van der Waals surface area contributed by atoms with Gasteiger partial charge in [0.1, 0.15) is 5.15 Å². The van der Waals surface area contributed by atoms with Crippen LogP contribution < -0.4 is 11.1 Å². The second-order valence-electron chi connectivity index (χ2n) is 2.77. The third kappa shape index (κ3) is 3.72. The fraction of sp³-hybridized carbons (Fsp3) is 0.444. The van der Waals surface area contributed by atoms with Crippen LogP contribution in [-0.2, 0) is 6.54 Å². The van der Waals surface area contributed by atoms with Crippen LogP contribution in [0.2, 0.25) is 5.15 Å². The van der Waals surface area contributed by atoms with Crippen LogP contribution in [-0.4, -0.2) is 18.1 Å². The standard InChI is InChI=1S/C9H14ClN3/c10-9-8(3-1-6-13-9)7-12-5-2-4-11/h1,3,6,12H,2,4-5,7,11H2. The highest BCUT2D eigenvalue weighted by atomic mass is 35.5. The van der Waals surface area contributed by atoms with E-state index in [9.17, 15) is 0 Å². The zero-order valence-electron chi connectivity index (χ0n) is 7.46. The quantitative estimate of drug-likeness (QED) is 0.553. The van der Waals surface area contributed by atoms with Crippen LogP contribution in [0.1, 0.15) is 12.0 Å². The van der Waals surface area contributed by atoms with Crippen LogP contribution in [0.3, 0.4) is 0 Å². The van der Waals surface area contributed by atoms with E-state index in [1.807, 2.05) is 12.1 Å². The number of hydrogen-bond acceptors (Lipinski definition) is 3. The third-order valence-electron chi connectivity index (χ3n) is 1.71. The van der Waals surface area contributed by atoms with Gasteiger partial charge in [-0.05, 0) is 25.6 Å². The van der Waals surface area contributed by atoms with Gasteiger partial charge in [-0.25, -0.2) is 4.98 Å². The van der Waals surface area contributed by atoms with Gasteiger partial charge in [0.05, 0.1) is 0 Å². The minimum Gasteiger partial charge on any atom is -0.330 e. The lowest BCUT2D eigenvalue weighted by Crippen LogP contribution is -2.17. The van der Waals surface area contributed by atoms with E-state index in [1.165, 1.54) is 0 Å². The molecule has 72 valence electrons. The summed E-state index contributed by atoms with van der Waals surface area (Å²) < 4.78 is 0. The molecule has 1 aromatic rings. The molecule has 4 heteroatoms. The number of aromatic nitrogens is 1. The van der Waals surface area contributed by atoms with Gasteiger partial charge in [0.15, 0.2) is 0 Å². The Hall–Kier alpha value is -0.640.